The first-order valence-electron chi connectivity index (χ1n) is 6.60. The molecule has 0 unspecified atom stereocenters. The lowest BCUT2D eigenvalue weighted by Gasteiger charge is -2.25. The molecule has 0 radical (unpaired) electrons. The minimum Gasteiger partial charge on any atom is -0.466 e. The second kappa shape index (κ2) is 7.18. The van der Waals surface area contributed by atoms with E-state index in [4.69, 9.17) is 14.9 Å². The van der Waals surface area contributed by atoms with E-state index < -0.39 is 35.9 Å². The van der Waals surface area contributed by atoms with Crippen LogP contribution in [0.5, 0.6) is 0 Å². The molecular weight excluding hydrogens is 326 g/mol. The third-order valence-corrected chi connectivity index (χ3v) is 4.31. The van der Waals surface area contributed by atoms with E-state index in [2.05, 4.69) is 0 Å². The van der Waals surface area contributed by atoms with Gasteiger partial charge in [-0.25, -0.2) is 9.59 Å². The number of hydrogen-bond donors (Lipinski definition) is 2. The van der Waals surface area contributed by atoms with Crippen LogP contribution in [0.2, 0.25) is 0 Å². The molecule has 2 atom stereocenters. The van der Waals surface area contributed by atoms with Gasteiger partial charge in [0.1, 0.15) is 17.2 Å². The number of furan rings is 1. The summed E-state index contributed by atoms with van der Waals surface area (Å²) in [6.07, 6.45) is 1.48. The number of imide groups is 1. The summed E-state index contributed by atoms with van der Waals surface area (Å²) < 4.78 is 10.1. The van der Waals surface area contributed by atoms with Crippen molar-refractivity contribution in [3.8, 4) is 0 Å². The minimum absolute atomic E-state index is 0.307. The Balaban J connectivity index is 2.01. The highest BCUT2D eigenvalue weighted by Crippen LogP contribution is 2.41. The van der Waals surface area contributed by atoms with Crippen LogP contribution in [0.4, 0.5) is 4.79 Å². The first-order valence-corrected chi connectivity index (χ1v) is 7.65. The average Bonchev–Trinajstić information content (AvgIpc) is 3.11. The Labute approximate surface area is 135 Å². The van der Waals surface area contributed by atoms with Gasteiger partial charge in [-0.3, -0.25) is 14.9 Å². The number of rotatable bonds is 4. The first kappa shape index (κ1) is 16.9. The summed E-state index contributed by atoms with van der Waals surface area (Å²) in [5.74, 6) is -1.04. The predicted octanol–water partition coefficient (Wildman–Crippen LogP) is -0.0198. The van der Waals surface area contributed by atoms with E-state index in [1.807, 2.05) is 0 Å². The third-order valence-electron chi connectivity index (χ3n) is 3.03. The van der Waals surface area contributed by atoms with Gasteiger partial charge < -0.3 is 19.8 Å². The Morgan fingerprint density at radius 1 is 1.48 bits per heavy atom. The molecule has 0 aliphatic carbocycles. The molecule has 23 heavy (non-hydrogen) atoms. The number of carbonyl (C=O) groups excluding carboxylic acids is 4. The summed E-state index contributed by atoms with van der Waals surface area (Å²) >= 11 is 1.35. The Morgan fingerprint density at radius 3 is 2.78 bits per heavy atom. The van der Waals surface area contributed by atoms with Crippen LogP contribution in [0.15, 0.2) is 22.8 Å². The molecule has 1 aliphatic heterocycles. The van der Waals surface area contributed by atoms with Crippen molar-refractivity contribution in [3.05, 3.63) is 24.2 Å². The van der Waals surface area contributed by atoms with Gasteiger partial charge in [-0.05, 0) is 12.1 Å². The summed E-state index contributed by atoms with van der Waals surface area (Å²) in [6.45, 7) is 0.683. The van der Waals surface area contributed by atoms with E-state index in [9.17, 15) is 19.2 Å². The maximum absolute atomic E-state index is 12.1. The van der Waals surface area contributed by atoms with Gasteiger partial charge in [0.15, 0.2) is 6.61 Å². The molecule has 2 rings (SSSR count). The number of esters is 1. The van der Waals surface area contributed by atoms with Crippen molar-refractivity contribution >= 4 is 35.6 Å². The molecule has 10 heteroatoms. The quantitative estimate of drug-likeness (QED) is 0.735. The Hall–Kier alpha value is -2.49. The van der Waals surface area contributed by atoms with Crippen molar-refractivity contribution in [1.82, 2.24) is 10.2 Å². The van der Waals surface area contributed by atoms with Crippen LogP contribution in [0, 0.1) is 0 Å². The number of ether oxygens (including phenoxy) is 1. The summed E-state index contributed by atoms with van der Waals surface area (Å²) in [4.78, 5) is 47.1. The van der Waals surface area contributed by atoms with E-state index >= 15 is 0 Å². The van der Waals surface area contributed by atoms with Crippen LogP contribution in [0.1, 0.15) is 18.1 Å². The van der Waals surface area contributed by atoms with Gasteiger partial charge in [0.25, 0.3) is 5.91 Å². The van der Waals surface area contributed by atoms with E-state index in [1.165, 1.54) is 29.8 Å². The Bertz CT molecular complexity index is 617. The molecule has 2 heterocycles. The van der Waals surface area contributed by atoms with Crippen LogP contribution >= 0.6 is 11.8 Å². The van der Waals surface area contributed by atoms with Gasteiger partial charge >= 0.3 is 12.0 Å². The highest BCUT2D eigenvalue weighted by Gasteiger charge is 2.43. The fourth-order valence-electron chi connectivity index (χ4n) is 2.13. The molecular formula is C13H15N3O6S. The molecule has 0 aromatic carbocycles. The normalized spacial score (nSPS) is 20.1. The van der Waals surface area contributed by atoms with E-state index in [-0.39, 0.29) is 5.91 Å². The lowest BCUT2D eigenvalue weighted by atomic mass is 10.2. The molecule has 0 saturated carbocycles. The highest BCUT2D eigenvalue weighted by atomic mass is 32.2. The zero-order chi connectivity index (χ0) is 17.0. The molecule has 1 aliphatic rings. The van der Waals surface area contributed by atoms with Crippen LogP contribution < -0.4 is 11.1 Å². The molecule has 0 spiro atoms. The maximum Gasteiger partial charge on any atom is 0.330 e. The van der Waals surface area contributed by atoms with Gasteiger partial charge in [0.05, 0.1) is 6.26 Å². The summed E-state index contributed by atoms with van der Waals surface area (Å²) in [5.41, 5.74) is 4.78. The number of carbonyl (C=O) groups is 4. The van der Waals surface area contributed by atoms with Crippen molar-refractivity contribution in [1.29, 1.82) is 0 Å². The second-order valence-electron chi connectivity index (χ2n) is 4.66. The topological polar surface area (TPSA) is 132 Å². The monoisotopic (exact) mass is 341 g/mol. The Morgan fingerprint density at radius 2 is 2.22 bits per heavy atom. The largest absolute Gasteiger partial charge is 0.466 e. The van der Waals surface area contributed by atoms with Crippen molar-refractivity contribution in [3.63, 3.8) is 0 Å². The van der Waals surface area contributed by atoms with Gasteiger partial charge in [0, 0.05) is 12.7 Å². The van der Waals surface area contributed by atoms with Gasteiger partial charge in [-0.1, -0.05) is 0 Å². The molecule has 1 saturated heterocycles. The molecule has 1 fully saturated rings. The van der Waals surface area contributed by atoms with Crippen molar-refractivity contribution < 1.29 is 28.3 Å². The SMILES string of the molecule is CC(=O)N1[C@@H](C(=O)OCC(=O)NC(N)=O)CS[C@H]1c1ccco1. The van der Waals surface area contributed by atoms with Gasteiger partial charge in [-0.15, -0.1) is 11.8 Å². The Kier molecular flexibility index (Phi) is 5.27. The lowest BCUT2D eigenvalue weighted by molar-refractivity contribution is -0.156. The molecule has 4 amide bonds. The number of hydrogen-bond acceptors (Lipinski definition) is 7. The van der Waals surface area contributed by atoms with E-state index in [0.29, 0.717) is 11.5 Å². The number of nitrogens with zero attached hydrogens (tertiary/aromatic N) is 1. The number of nitrogens with one attached hydrogen (secondary N) is 1. The lowest BCUT2D eigenvalue weighted by Crippen LogP contribution is -2.44. The zero-order valence-corrected chi connectivity index (χ0v) is 13.0. The average molecular weight is 341 g/mol. The van der Waals surface area contributed by atoms with Crippen molar-refractivity contribution in [2.45, 2.75) is 18.3 Å². The van der Waals surface area contributed by atoms with Gasteiger partial charge in [0.2, 0.25) is 5.91 Å². The zero-order valence-electron chi connectivity index (χ0n) is 12.2. The van der Waals surface area contributed by atoms with Crippen LogP contribution in [-0.4, -0.2) is 47.1 Å². The number of amides is 4. The molecule has 0 bridgehead atoms. The maximum atomic E-state index is 12.1. The van der Waals surface area contributed by atoms with Crippen molar-refractivity contribution in [2.24, 2.45) is 5.73 Å². The number of urea groups is 1. The molecule has 124 valence electrons. The smallest absolute Gasteiger partial charge is 0.330 e. The van der Waals surface area contributed by atoms with Crippen LogP contribution in [0.3, 0.4) is 0 Å². The highest BCUT2D eigenvalue weighted by molar-refractivity contribution is 7.99. The summed E-state index contributed by atoms with van der Waals surface area (Å²) in [6, 6.07) is 1.52. The minimum atomic E-state index is -1.04. The molecule has 1 aromatic rings. The number of primary amides is 1. The van der Waals surface area contributed by atoms with Crippen LogP contribution in [0.25, 0.3) is 0 Å². The standard InChI is InChI=1S/C13H15N3O6S/c1-7(17)16-8(6-23-11(16)9-3-2-4-21-9)12(19)22-5-10(18)15-13(14)20/h2-4,8,11H,5-6H2,1H3,(H3,14,15,18,20)/t8-,11+/m1/s1. The van der Waals surface area contributed by atoms with Gasteiger partial charge in [-0.2, -0.15) is 0 Å². The van der Waals surface area contributed by atoms with Crippen LogP contribution in [-0.2, 0) is 19.1 Å². The fraction of sp³-hybridized carbons (Fsp3) is 0.385. The third kappa shape index (κ3) is 4.03. The predicted molar refractivity (Wildman–Crippen MR) is 78.9 cm³/mol. The summed E-state index contributed by atoms with van der Waals surface area (Å²) in [7, 11) is 0. The number of thioether (sulfide) groups is 1. The first-order chi connectivity index (χ1) is 10.9. The molecule has 1 aromatic heterocycles. The van der Waals surface area contributed by atoms with E-state index in [1.54, 1.807) is 17.4 Å². The fourth-order valence-corrected chi connectivity index (χ4v) is 3.55. The molecule has 3 N–H and O–H groups in total. The van der Waals surface area contributed by atoms with Crippen molar-refractivity contribution in [2.75, 3.05) is 12.4 Å². The number of nitrogens with two attached hydrogens (primary N) is 1. The summed E-state index contributed by atoms with van der Waals surface area (Å²) in [5, 5.41) is 1.34. The molecule has 9 nitrogen and oxygen atoms in total. The van der Waals surface area contributed by atoms with E-state index in [0.717, 1.165) is 0 Å². The second-order valence-corrected chi connectivity index (χ2v) is 5.78.